The van der Waals surface area contributed by atoms with E-state index in [0.717, 1.165) is 28.1 Å². The van der Waals surface area contributed by atoms with Crippen LogP contribution in [-0.2, 0) is 13.1 Å². The lowest BCUT2D eigenvalue weighted by Gasteiger charge is -2.09. The smallest absolute Gasteiger partial charge is 0.251 e. The Kier molecular flexibility index (Phi) is 5.94. The number of tetrazole rings is 1. The maximum absolute atomic E-state index is 12.9. The summed E-state index contributed by atoms with van der Waals surface area (Å²) >= 11 is 0. The predicted molar refractivity (Wildman–Crippen MR) is 128 cm³/mol. The van der Waals surface area contributed by atoms with Crippen LogP contribution in [0.5, 0.6) is 0 Å². The fraction of sp³-hybridized carbons (Fsp3) is 0.115. The third kappa shape index (κ3) is 4.61. The number of nitrogens with zero attached hydrogens (tertiary/aromatic N) is 6. The number of amides is 1. The highest BCUT2D eigenvalue weighted by molar-refractivity contribution is 5.94. The molecule has 8 nitrogen and oxygen atoms in total. The summed E-state index contributed by atoms with van der Waals surface area (Å²) in [5, 5.41) is 19.1. The van der Waals surface area contributed by atoms with Gasteiger partial charge in [-0.15, -0.1) is 5.10 Å². The minimum Gasteiger partial charge on any atom is -0.348 e. The van der Waals surface area contributed by atoms with Crippen molar-refractivity contribution >= 4 is 5.91 Å². The summed E-state index contributed by atoms with van der Waals surface area (Å²) in [5.41, 5.74) is 6.31. The number of rotatable bonds is 7. The fourth-order valence-corrected chi connectivity index (χ4v) is 3.89. The van der Waals surface area contributed by atoms with E-state index in [2.05, 4.69) is 33.0 Å². The number of hydrogen-bond donors (Lipinski definition) is 1. The first kappa shape index (κ1) is 21.3. The van der Waals surface area contributed by atoms with Gasteiger partial charge in [0.15, 0.2) is 0 Å². The van der Waals surface area contributed by atoms with E-state index in [9.17, 15) is 4.79 Å². The maximum Gasteiger partial charge on any atom is 0.251 e. The molecule has 0 aliphatic heterocycles. The Morgan fingerprint density at radius 3 is 2.44 bits per heavy atom. The van der Waals surface area contributed by atoms with Gasteiger partial charge >= 0.3 is 0 Å². The van der Waals surface area contributed by atoms with Crippen LogP contribution in [0.15, 0.2) is 91.4 Å². The van der Waals surface area contributed by atoms with Gasteiger partial charge in [0.05, 0.1) is 17.9 Å². The molecular formula is C26H23N7O. The predicted octanol–water partition coefficient (Wildman–Crippen LogP) is 3.81. The molecular weight excluding hydrogens is 426 g/mol. The number of carbonyl (C=O) groups is 1. The van der Waals surface area contributed by atoms with Crippen molar-refractivity contribution in [3.8, 4) is 16.9 Å². The van der Waals surface area contributed by atoms with E-state index in [1.54, 1.807) is 10.7 Å². The molecule has 0 radical (unpaired) electrons. The first-order valence-electron chi connectivity index (χ1n) is 11.0. The number of carbonyl (C=O) groups excluding carboxylic acids is 1. The highest BCUT2D eigenvalue weighted by atomic mass is 16.1. The Bertz CT molecular complexity index is 1390. The molecule has 2 aromatic heterocycles. The van der Waals surface area contributed by atoms with E-state index in [-0.39, 0.29) is 5.91 Å². The Labute approximate surface area is 196 Å². The molecule has 1 N–H and O–H groups in total. The van der Waals surface area contributed by atoms with Crippen LogP contribution in [0.2, 0.25) is 0 Å². The highest BCUT2D eigenvalue weighted by Gasteiger charge is 2.14. The lowest BCUT2D eigenvalue weighted by molar-refractivity contribution is 0.0951. The maximum atomic E-state index is 12.9. The van der Waals surface area contributed by atoms with Gasteiger partial charge in [-0.2, -0.15) is 5.10 Å². The van der Waals surface area contributed by atoms with E-state index in [0.29, 0.717) is 18.7 Å². The van der Waals surface area contributed by atoms with Crippen LogP contribution >= 0.6 is 0 Å². The minimum absolute atomic E-state index is 0.152. The van der Waals surface area contributed by atoms with Crippen LogP contribution in [0.4, 0.5) is 0 Å². The topological polar surface area (TPSA) is 90.5 Å². The SMILES string of the molecule is Cc1cc(C(=O)NCc2cn(Cc3ccccc3)nc2-c2ccccc2)ccc1-n1cnnn1. The Hall–Kier alpha value is -4.59. The van der Waals surface area contributed by atoms with Crippen LogP contribution in [0.1, 0.15) is 27.0 Å². The average molecular weight is 450 g/mol. The average Bonchev–Trinajstić information content (AvgIpc) is 3.54. The van der Waals surface area contributed by atoms with E-state index in [1.165, 1.54) is 11.9 Å². The summed E-state index contributed by atoms with van der Waals surface area (Å²) in [5.74, 6) is -0.152. The molecule has 34 heavy (non-hydrogen) atoms. The molecule has 0 spiro atoms. The fourth-order valence-electron chi connectivity index (χ4n) is 3.89. The third-order valence-corrected chi connectivity index (χ3v) is 5.57. The highest BCUT2D eigenvalue weighted by Crippen LogP contribution is 2.23. The van der Waals surface area contributed by atoms with Gasteiger partial charge in [0, 0.05) is 29.4 Å². The van der Waals surface area contributed by atoms with Crippen molar-refractivity contribution in [1.82, 2.24) is 35.3 Å². The molecule has 0 aliphatic carbocycles. The normalized spacial score (nSPS) is 10.9. The molecule has 0 saturated carbocycles. The Balaban J connectivity index is 1.36. The largest absolute Gasteiger partial charge is 0.348 e. The second-order valence-corrected chi connectivity index (χ2v) is 7.99. The van der Waals surface area contributed by atoms with Crippen molar-refractivity contribution in [3.05, 3.63) is 114 Å². The molecule has 5 rings (SSSR count). The zero-order valence-corrected chi connectivity index (χ0v) is 18.7. The first-order valence-corrected chi connectivity index (χ1v) is 11.0. The number of hydrogen-bond acceptors (Lipinski definition) is 5. The van der Waals surface area contributed by atoms with E-state index >= 15 is 0 Å². The lowest BCUT2D eigenvalue weighted by Crippen LogP contribution is -2.23. The summed E-state index contributed by atoms with van der Waals surface area (Å²) in [6, 6.07) is 25.7. The summed E-state index contributed by atoms with van der Waals surface area (Å²) < 4.78 is 3.49. The molecule has 0 unspecified atom stereocenters. The molecule has 0 bridgehead atoms. The number of nitrogens with one attached hydrogen (secondary N) is 1. The molecule has 0 saturated heterocycles. The van der Waals surface area contributed by atoms with Gasteiger partial charge in [-0.05, 0) is 46.7 Å². The third-order valence-electron chi connectivity index (χ3n) is 5.57. The molecule has 0 aliphatic rings. The van der Waals surface area contributed by atoms with Gasteiger partial charge in [0.1, 0.15) is 6.33 Å². The summed E-state index contributed by atoms with van der Waals surface area (Å²) in [6.07, 6.45) is 3.53. The Morgan fingerprint density at radius 1 is 0.971 bits per heavy atom. The van der Waals surface area contributed by atoms with E-state index in [1.807, 2.05) is 78.5 Å². The molecule has 1 amide bonds. The van der Waals surface area contributed by atoms with Crippen molar-refractivity contribution in [2.75, 3.05) is 0 Å². The number of aromatic nitrogens is 6. The molecule has 168 valence electrons. The van der Waals surface area contributed by atoms with Gasteiger partial charge in [0.25, 0.3) is 5.91 Å². The van der Waals surface area contributed by atoms with Crippen molar-refractivity contribution in [3.63, 3.8) is 0 Å². The van der Waals surface area contributed by atoms with Crippen LogP contribution in [-0.4, -0.2) is 35.9 Å². The molecule has 2 heterocycles. The summed E-state index contributed by atoms with van der Waals surface area (Å²) in [4.78, 5) is 12.9. The zero-order valence-electron chi connectivity index (χ0n) is 18.7. The van der Waals surface area contributed by atoms with Gasteiger partial charge in [0.2, 0.25) is 0 Å². The minimum atomic E-state index is -0.152. The van der Waals surface area contributed by atoms with Crippen LogP contribution < -0.4 is 5.32 Å². The van der Waals surface area contributed by atoms with Gasteiger partial charge in [-0.1, -0.05) is 60.7 Å². The molecule has 3 aromatic carbocycles. The Morgan fingerprint density at radius 2 is 1.74 bits per heavy atom. The van der Waals surface area contributed by atoms with Crippen molar-refractivity contribution in [2.45, 2.75) is 20.0 Å². The lowest BCUT2D eigenvalue weighted by atomic mass is 10.1. The second-order valence-electron chi connectivity index (χ2n) is 7.99. The van der Waals surface area contributed by atoms with Gasteiger partial charge in [-0.3, -0.25) is 9.48 Å². The molecule has 0 fully saturated rings. The number of benzene rings is 3. The monoisotopic (exact) mass is 449 g/mol. The van der Waals surface area contributed by atoms with Crippen molar-refractivity contribution in [1.29, 1.82) is 0 Å². The molecule has 5 aromatic rings. The first-order chi connectivity index (χ1) is 16.7. The standard InChI is InChI=1S/C26H23N7O/c1-19-14-22(12-13-24(19)33-18-28-30-31-33)26(34)27-15-23-17-32(16-20-8-4-2-5-9-20)29-25(23)21-10-6-3-7-11-21/h2-14,17-18H,15-16H2,1H3,(H,27,34). The van der Waals surface area contributed by atoms with Crippen molar-refractivity contribution < 1.29 is 4.79 Å². The van der Waals surface area contributed by atoms with E-state index in [4.69, 9.17) is 5.10 Å². The summed E-state index contributed by atoms with van der Waals surface area (Å²) in [6.45, 7) is 2.95. The van der Waals surface area contributed by atoms with Crippen LogP contribution in [0.25, 0.3) is 16.9 Å². The quantitative estimate of drug-likeness (QED) is 0.408. The zero-order chi connectivity index (χ0) is 23.3. The summed E-state index contributed by atoms with van der Waals surface area (Å²) in [7, 11) is 0. The van der Waals surface area contributed by atoms with Crippen LogP contribution in [0.3, 0.4) is 0 Å². The van der Waals surface area contributed by atoms with Crippen LogP contribution in [0, 0.1) is 6.92 Å². The molecule has 8 heteroatoms. The van der Waals surface area contributed by atoms with Gasteiger partial charge < -0.3 is 5.32 Å². The second kappa shape index (κ2) is 9.50. The van der Waals surface area contributed by atoms with E-state index < -0.39 is 0 Å². The van der Waals surface area contributed by atoms with Crippen molar-refractivity contribution in [2.24, 2.45) is 0 Å². The molecule has 0 atom stereocenters. The van der Waals surface area contributed by atoms with Gasteiger partial charge in [-0.25, -0.2) is 4.68 Å². The number of aryl methyl sites for hydroxylation is 1.